The lowest BCUT2D eigenvalue weighted by atomic mass is 10.1. The second-order valence-electron chi connectivity index (χ2n) is 4.20. The Morgan fingerprint density at radius 3 is 2.05 bits per heavy atom. The quantitative estimate of drug-likeness (QED) is 0.349. The van der Waals surface area contributed by atoms with Crippen LogP contribution in [0.5, 0.6) is 0 Å². The summed E-state index contributed by atoms with van der Waals surface area (Å²) < 4.78 is 59.3. The third-order valence-corrected chi connectivity index (χ3v) is 2.59. The highest BCUT2D eigenvalue weighted by molar-refractivity contribution is 5.78. The Kier molecular flexibility index (Phi) is 7.97. The molecule has 0 N–H and O–H groups in total. The number of carbonyl (C=O) groups is 1. The molecule has 19 heavy (non-hydrogen) atoms. The molecule has 114 valence electrons. The van der Waals surface area contributed by atoms with Crippen LogP contribution in [0.1, 0.15) is 45.4 Å². The second kappa shape index (κ2) is 8.35. The Labute approximate surface area is 110 Å². The molecule has 0 fully saturated rings. The van der Waals surface area contributed by atoms with Crippen LogP contribution >= 0.6 is 0 Å². The Hall–Kier alpha value is -0.850. The molecule has 0 aromatic carbocycles. The summed E-state index contributed by atoms with van der Waals surface area (Å²) in [5.74, 6) is -7.27. The first kappa shape index (κ1) is 18.1. The number of rotatable bonds is 10. The van der Waals surface area contributed by atoms with E-state index in [4.69, 9.17) is 0 Å². The van der Waals surface area contributed by atoms with E-state index in [1.54, 1.807) is 0 Å². The van der Waals surface area contributed by atoms with E-state index in [0.717, 1.165) is 25.7 Å². The minimum Gasteiger partial charge on any atom is -0.464 e. The van der Waals surface area contributed by atoms with Gasteiger partial charge >= 0.3 is 18.0 Å². The Morgan fingerprint density at radius 2 is 1.53 bits per heavy atom. The topological polar surface area (TPSA) is 35.5 Å². The molecule has 0 rings (SSSR count). The molecule has 0 heterocycles. The van der Waals surface area contributed by atoms with Crippen molar-refractivity contribution in [2.24, 2.45) is 0 Å². The summed E-state index contributed by atoms with van der Waals surface area (Å²) in [6.07, 6.45) is -0.0430. The largest absolute Gasteiger partial charge is 0.464 e. The van der Waals surface area contributed by atoms with Crippen LogP contribution in [0.3, 0.4) is 0 Å². The van der Waals surface area contributed by atoms with Crippen LogP contribution < -0.4 is 0 Å². The zero-order chi connectivity index (χ0) is 14.9. The highest BCUT2D eigenvalue weighted by Gasteiger charge is 2.64. The van der Waals surface area contributed by atoms with Crippen molar-refractivity contribution in [2.45, 2.75) is 57.5 Å². The van der Waals surface area contributed by atoms with Crippen molar-refractivity contribution in [3.05, 3.63) is 0 Å². The summed E-state index contributed by atoms with van der Waals surface area (Å²) in [5.41, 5.74) is 0. The summed E-state index contributed by atoms with van der Waals surface area (Å²) in [6.45, 7) is 1.52. The summed E-state index contributed by atoms with van der Waals surface area (Å²) in [7, 11) is 0.611. The molecule has 0 saturated heterocycles. The van der Waals surface area contributed by atoms with Gasteiger partial charge in [0.25, 0.3) is 0 Å². The van der Waals surface area contributed by atoms with Crippen LogP contribution in [-0.2, 0) is 14.3 Å². The zero-order valence-electron chi connectivity index (χ0n) is 11.2. The van der Waals surface area contributed by atoms with Gasteiger partial charge in [0, 0.05) is 0 Å². The lowest BCUT2D eigenvalue weighted by Crippen LogP contribution is -2.49. The number of alkyl halides is 4. The summed E-state index contributed by atoms with van der Waals surface area (Å²) in [5, 5.41) is 0. The number of hydrogen-bond acceptors (Lipinski definition) is 3. The van der Waals surface area contributed by atoms with Gasteiger partial charge < -0.3 is 9.47 Å². The van der Waals surface area contributed by atoms with Gasteiger partial charge in [-0.15, -0.1) is 0 Å². The zero-order valence-corrected chi connectivity index (χ0v) is 11.2. The van der Waals surface area contributed by atoms with Gasteiger partial charge in [-0.05, 0) is 6.42 Å². The Balaban J connectivity index is 4.00. The van der Waals surface area contributed by atoms with Gasteiger partial charge in [-0.25, -0.2) is 4.79 Å². The summed E-state index contributed by atoms with van der Waals surface area (Å²) in [6, 6.07) is 0. The minimum absolute atomic E-state index is 0.247. The highest BCUT2D eigenvalue weighted by atomic mass is 19.3. The van der Waals surface area contributed by atoms with E-state index in [-0.39, 0.29) is 6.42 Å². The van der Waals surface area contributed by atoms with Gasteiger partial charge in [0.1, 0.15) is 0 Å². The fraction of sp³-hybridized carbons (Fsp3) is 0.917. The van der Waals surface area contributed by atoms with E-state index in [1.165, 1.54) is 0 Å². The number of halogens is 4. The van der Waals surface area contributed by atoms with Gasteiger partial charge in [-0.2, -0.15) is 17.6 Å². The maximum Gasteiger partial charge on any atom is 0.431 e. The number of carbonyl (C=O) groups excluding carboxylic acids is 1. The van der Waals surface area contributed by atoms with E-state index in [1.807, 2.05) is 6.92 Å². The van der Waals surface area contributed by atoms with Crippen molar-refractivity contribution in [1.82, 2.24) is 0 Å². The maximum absolute atomic E-state index is 13.0. The second-order valence-corrected chi connectivity index (χ2v) is 4.20. The summed E-state index contributed by atoms with van der Waals surface area (Å²) >= 11 is 0. The van der Waals surface area contributed by atoms with Crippen molar-refractivity contribution in [3.63, 3.8) is 0 Å². The third kappa shape index (κ3) is 5.76. The molecule has 0 amide bonds. The molecule has 0 aliphatic carbocycles. The fourth-order valence-corrected chi connectivity index (χ4v) is 1.42. The van der Waals surface area contributed by atoms with E-state index >= 15 is 0 Å². The molecule has 0 aliphatic rings. The highest BCUT2D eigenvalue weighted by Crippen LogP contribution is 2.36. The molecule has 0 atom stereocenters. The lowest BCUT2D eigenvalue weighted by Gasteiger charge is -2.23. The van der Waals surface area contributed by atoms with Crippen LogP contribution in [0.15, 0.2) is 0 Å². The van der Waals surface area contributed by atoms with E-state index < -0.39 is 24.6 Å². The van der Waals surface area contributed by atoms with Crippen molar-refractivity contribution in [3.8, 4) is 0 Å². The van der Waals surface area contributed by atoms with Crippen LogP contribution in [0.2, 0.25) is 0 Å². The number of unbranched alkanes of at least 4 members (excludes halogenated alkanes) is 5. The monoisotopic (exact) mass is 288 g/mol. The van der Waals surface area contributed by atoms with Gasteiger partial charge in [-0.1, -0.05) is 39.0 Å². The molecule has 0 aliphatic heterocycles. The SMILES string of the molecule is CCCCCCCCOC(F)(F)C(F)(F)C(=O)OC. The van der Waals surface area contributed by atoms with Crippen LogP contribution in [0, 0.1) is 0 Å². The maximum atomic E-state index is 13.0. The van der Waals surface area contributed by atoms with Crippen molar-refractivity contribution >= 4 is 5.97 Å². The number of ether oxygens (including phenoxy) is 2. The molecule has 0 bridgehead atoms. The molecular weight excluding hydrogens is 268 g/mol. The molecule has 0 unspecified atom stereocenters. The van der Waals surface area contributed by atoms with Gasteiger partial charge in [0.05, 0.1) is 13.7 Å². The normalized spacial score (nSPS) is 12.5. The fourth-order valence-electron chi connectivity index (χ4n) is 1.42. The number of hydrogen-bond donors (Lipinski definition) is 0. The molecule has 0 spiro atoms. The third-order valence-electron chi connectivity index (χ3n) is 2.59. The standard InChI is InChI=1S/C12H20F4O3/c1-3-4-5-6-7-8-9-19-12(15,16)11(13,14)10(17)18-2/h3-9H2,1-2H3. The molecule has 0 aromatic heterocycles. The first-order chi connectivity index (χ1) is 8.79. The van der Waals surface area contributed by atoms with Crippen LogP contribution in [0.25, 0.3) is 0 Å². The average Bonchev–Trinajstić information content (AvgIpc) is 2.36. The molecule has 0 radical (unpaired) electrons. The first-order valence-corrected chi connectivity index (χ1v) is 6.27. The van der Waals surface area contributed by atoms with Gasteiger partial charge in [-0.3, -0.25) is 0 Å². The number of esters is 1. The first-order valence-electron chi connectivity index (χ1n) is 6.27. The smallest absolute Gasteiger partial charge is 0.431 e. The van der Waals surface area contributed by atoms with Crippen molar-refractivity contribution in [2.75, 3.05) is 13.7 Å². The van der Waals surface area contributed by atoms with E-state index in [9.17, 15) is 22.4 Å². The van der Waals surface area contributed by atoms with Gasteiger partial charge in [0.2, 0.25) is 0 Å². The molecular formula is C12H20F4O3. The van der Waals surface area contributed by atoms with Gasteiger partial charge in [0.15, 0.2) is 0 Å². The van der Waals surface area contributed by atoms with Crippen LogP contribution in [0.4, 0.5) is 17.6 Å². The predicted molar refractivity (Wildman–Crippen MR) is 61.2 cm³/mol. The molecule has 7 heteroatoms. The lowest BCUT2D eigenvalue weighted by molar-refractivity contribution is -0.339. The minimum atomic E-state index is -4.97. The van der Waals surface area contributed by atoms with Crippen molar-refractivity contribution in [1.29, 1.82) is 0 Å². The molecule has 0 saturated carbocycles. The van der Waals surface area contributed by atoms with Crippen molar-refractivity contribution < 1.29 is 31.8 Å². The average molecular weight is 288 g/mol. The molecule has 3 nitrogen and oxygen atoms in total. The predicted octanol–water partition coefficient (Wildman–Crippen LogP) is 3.76. The van der Waals surface area contributed by atoms with E-state index in [0.29, 0.717) is 13.5 Å². The Bertz CT molecular complexity index is 270. The van der Waals surface area contributed by atoms with Crippen LogP contribution in [-0.4, -0.2) is 31.7 Å². The molecule has 0 aromatic rings. The van der Waals surface area contributed by atoms with E-state index in [2.05, 4.69) is 9.47 Å². The summed E-state index contributed by atoms with van der Waals surface area (Å²) in [4.78, 5) is 10.6. The Morgan fingerprint density at radius 1 is 1.00 bits per heavy atom. The number of methoxy groups -OCH3 is 1.